The highest BCUT2D eigenvalue weighted by atomic mass is 16.4. The Morgan fingerprint density at radius 2 is 2.05 bits per heavy atom. The number of carboxylic acid groups (broad SMARTS) is 1. The Morgan fingerprint density at radius 3 is 2.70 bits per heavy atom. The fourth-order valence-electron chi connectivity index (χ4n) is 2.88. The van der Waals surface area contributed by atoms with E-state index in [1.165, 1.54) is 0 Å². The quantitative estimate of drug-likeness (QED) is 0.855. The topological polar surface area (TPSA) is 69.6 Å². The van der Waals surface area contributed by atoms with E-state index in [9.17, 15) is 14.7 Å². The molecule has 1 amide bonds. The summed E-state index contributed by atoms with van der Waals surface area (Å²) in [5, 5.41) is 12.5. The van der Waals surface area contributed by atoms with E-state index in [1.807, 2.05) is 24.3 Å². The monoisotopic (exact) mass is 274 g/mol. The van der Waals surface area contributed by atoms with E-state index in [4.69, 9.17) is 0 Å². The van der Waals surface area contributed by atoms with Crippen LogP contribution in [0.1, 0.15) is 23.5 Å². The molecule has 0 saturated carbocycles. The molecule has 1 atom stereocenters. The molecule has 2 aliphatic heterocycles. The Hall–Kier alpha value is -1.88. The second-order valence-electron chi connectivity index (χ2n) is 5.59. The third-order valence-corrected chi connectivity index (χ3v) is 4.17. The summed E-state index contributed by atoms with van der Waals surface area (Å²) in [6.45, 7) is 2.58. The zero-order valence-electron chi connectivity index (χ0n) is 11.2. The first-order chi connectivity index (χ1) is 9.65. The maximum Gasteiger partial charge on any atom is 0.312 e. The van der Waals surface area contributed by atoms with Gasteiger partial charge in [0.2, 0.25) is 5.91 Å². The third-order valence-electron chi connectivity index (χ3n) is 4.17. The standard InChI is InChI=1S/C15H18N2O3/c18-14(5-10-6-16-7-10)17-8-11-3-1-2-4-12(11)13(9-17)15(19)20/h1-4,10,13,16H,5-9H2,(H,19,20). The van der Waals surface area contributed by atoms with Crippen LogP contribution in [0.2, 0.25) is 0 Å². The van der Waals surface area contributed by atoms with Crippen LogP contribution in [0.25, 0.3) is 0 Å². The molecule has 5 heteroatoms. The number of carboxylic acids is 1. The fourth-order valence-corrected chi connectivity index (χ4v) is 2.88. The highest BCUT2D eigenvalue weighted by Crippen LogP contribution is 2.29. The van der Waals surface area contributed by atoms with Gasteiger partial charge in [-0.1, -0.05) is 24.3 Å². The molecule has 3 rings (SSSR count). The predicted molar refractivity (Wildman–Crippen MR) is 73.2 cm³/mol. The lowest BCUT2D eigenvalue weighted by Crippen LogP contribution is -2.47. The molecule has 106 valence electrons. The van der Waals surface area contributed by atoms with Crippen LogP contribution in [0.3, 0.4) is 0 Å². The minimum absolute atomic E-state index is 0.0669. The number of carbonyl (C=O) groups is 2. The first-order valence-corrected chi connectivity index (χ1v) is 6.94. The van der Waals surface area contributed by atoms with Gasteiger partial charge in [0.25, 0.3) is 0 Å². The number of hydrogen-bond acceptors (Lipinski definition) is 3. The SMILES string of the molecule is O=C(O)C1CN(C(=O)CC2CNC2)Cc2ccccc21. The van der Waals surface area contributed by atoms with Gasteiger partial charge in [0, 0.05) is 19.5 Å². The molecule has 1 aromatic carbocycles. The molecule has 1 unspecified atom stereocenters. The van der Waals surface area contributed by atoms with E-state index in [1.54, 1.807) is 4.90 Å². The molecule has 0 bridgehead atoms. The maximum absolute atomic E-state index is 12.3. The van der Waals surface area contributed by atoms with Crippen LogP contribution in [0, 0.1) is 5.92 Å². The van der Waals surface area contributed by atoms with Gasteiger partial charge in [-0.2, -0.15) is 0 Å². The van der Waals surface area contributed by atoms with E-state index < -0.39 is 11.9 Å². The molecule has 1 fully saturated rings. The Balaban J connectivity index is 1.78. The molecule has 1 saturated heterocycles. The molecule has 2 N–H and O–H groups in total. The second-order valence-corrected chi connectivity index (χ2v) is 5.59. The lowest BCUT2D eigenvalue weighted by atomic mass is 9.89. The minimum atomic E-state index is -0.861. The summed E-state index contributed by atoms with van der Waals surface area (Å²) in [4.78, 5) is 25.4. The van der Waals surface area contributed by atoms with Gasteiger partial charge in [-0.05, 0) is 30.1 Å². The predicted octanol–water partition coefficient (Wildman–Crippen LogP) is 0.807. The highest BCUT2D eigenvalue weighted by molar-refractivity contribution is 5.81. The van der Waals surface area contributed by atoms with E-state index in [0.29, 0.717) is 18.9 Å². The fraction of sp³-hybridized carbons (Fsp3) is 0.467. The molecule has 2 aliphatic rings. The van der Waals surface area contributed by atoms with Crippen molar-refractivity contribution in [1.29, 1.82) is 0 Å². The van der Waals surface area contributed by atoms with E-state index >= 15 is 0 Å². The van der Waals surface area contributed by atoms with Gasteiger partial charge in [-0.15, -0.1) is 0 Å². The number of carbonyl (C=O) groups excluding carboxylic acids is 1. The molecule has 2 heterocycles. The minimum Gasteiger partial charge on any atom is -0.481 e. The molecule has 0 radical (unpaired) electrons. The Bertz CT molecular complexity index is 540. The van der Waals surface area contributed by atoms with Crippen LogP contribution >= 0.6 is 0 Å². The van der Waals surface area contributed by atoms with Crippen molar-refractivity contribution in [2.45, 2.75) is 18.9 Å². The summed E-state index contributed by atoms with van der Waals surface area (Å²) in [5.41, 5.74) is 1.79. The normalized spacial score (nSPS) is 22.0. The van der Waals surface area contributed by atoms with Crippen LogP contribution in [-0.2, 0) is 16.1 Å². The van der Waals surface area contributed by atoms with Crippen molar-refractivity contribution in [1.82, 2.24) is 10.2 Å². The maximum atomic E-state index is 12.3. The summed E-state index contributed by atoms with van der Waals surface area (Å²) in [6, 6.07) is 7.51. The Labute approximate surface area is 117 Å². The van der Waals surface area contributed by atoms with Crippen molar-refractivity contribution in [2.24, 2.45) is 5.92 Å². The van der Waals surface area contributed by atoms with Crippen molar-refractivity contribution in [3.63, 3.8) is 0 Å². The molecule has 1 aromatic rings. The van der Waals surface area contributed by atoms with Gasteiger partial charge in [-0.3, -0.25) is 9.59 Å². The molecular weight excluding hydrogens is 256 g/mol. The smallest absolute Gasteiger partial charge is 0.312 e. The number of aliphatic carboxylic acids is 1. The lowest BCUT2D eigenvalue weighted by Gasteiger charge is -2.35. The van der Waals surface area contributed by atoms with E-state index in [-0.39, 0.29) is 12.5 Å². The average Bonchev–Trinajstić information content (AvgIpc) is 2.41. The summed E-state index contributed by atoms with van der Waals surface area (Å²) in [7, 11) is 0. The van der Waals surface area contributed by atoms with E-state index in [0.717, 1.165) is 24.2 Å². The van der Waals surface area contributed by atoms with Gasteiger partial charge in [0.1, 0.15) is 0 Å². The van der Waals surface area contributed by atoms with Gasteiger partial charge in [0.15, 0.2) is 0 Å². The number of hydrogen-bond donors (Lipinski definition) is 2. The number of nitrogens with one attached hydrogen (secondary N) is 1. The molecule has 5 nitrogen and oxygen atoms in total. The first-order valence-electron chi connectivity index (χ1n) is 6.94. The Kier molecular flexibility index (Phi) is 3.44. The highest BCUT2D eigenvalue weighted by Gasteiger charge is 2.33. The number of benzene rings is 1. The zero-order valence-corrected chi connectivity index (χ0v) is 11.2. The number of amides is 1. The largest absolute Gasteiger partial charge is 0.481 e. The van der Waals surface area contributed by atoms with Crippen molar-refractivity contribution in [3.05, 3.63) is 35.4 Å². The number of rotatable bonds is 3. The summed E-state index contributed by atoms with van der Waals surface area (Å²) < 4.78 is 0. The van der Waals surface area contributed by atoms with Crippen molar-refractivity contribution >= 4 is 11.9 Å². The van der Waals surface area contributed by atoms with E-state index in [2.05, 4.69) is 5.32 Å². The summed E-state index contributed by atoms with van der Waals surface area (Å²) in [6.07, 6.45) is 0.515. The second kappa shape index (κ2) is 5.25. The first kappa shape index (κ1) is 13.1. The molecular formula is C15H18N2O3. The third kappa shape index (κ3) is 2.41. The van der Waals surface area contributed by atoms with Crippen LogP contribution in [0.15, 0.2) is 24.3 Å². The molecule has 0 aliphatic carbocycles. The number of fused-ring (bicyclic) bond motifs is 1. The van der Waals surface area contributed by atoms with Gasteiger partial charge < -0.3 is 15.3 Å². The van der Waals surface area contributed by atoms with Gasteiger partial charge in [0.05, 0.1) is 5.92 Å². The van der Waals surface area contributed by atoms with Crippen LogP contribution < -0.4 is 5.32 Å². The van der Waals surface area contributed by atoms with Gasteiger partial charge >= 0.3 is 5.97 Å². The van der Waals surface area contributed by atoms with Gasteiger partial charge in [-0.25, -0.2) is 0 Å². The molecule has 20 heavy (non-hydrogen) atoms. The summed E-state index contributed by atoms with van der Waals surface area (Å²) in [5.74, 6) is -0.996. The van der Waals surface area contributed by atoms with Crippen LogP contribution in [0.5, 0.6) is 0 Å². The Morgan fingerprint density at radius 1 is 1.30 bits per heavy atom. The lowest BCUT2D eigenvalue weighted by molar-refractivity contribution is -0.141. The van der Waals surface area contributed by atoms with Crippen molar-refractivity contribution in [3.8, 4) is 0 Å². The zero-order chi connectivity index (χ0) is 14.1. The van der Waals surface area contributed by atoms with Crippen LogP contribution in [-0.4, -0.2) is 41.5 Å². The average molecular weight is 274 g/mol. The molecule has 0 spiro atoms. The molecule has 0 aromatic heterocycles. The number of nitrogens with zero attached hydrogens (tertiary/aromatic N) is 1. The van der Waals surface area contributed by atoms with Crippen LogP contribution in [0.4, 0.5) is 0 Å². The van der Waals surface area contributed by atoms with Crippen molar-refractivity contribution in [2.75, 3.05) is 19.6 Å². The summed E-state index contributed by atoms with van der Waals surface area (Å²) >= 11 is 0. The van der Waals surface area contributed by atoms with Crippen molar-refractivity contribution < 1.29 is 14.7 Å².